The zero-order valence-electron chi connectivity index (χ0n) is 11.4. The largest absolute Gasteiger partial charge is 0.446 e. The fourth-order valence-electron chi connectivity index (χ4n) is 2.61. The molecule has 1 aliphatic heterocycles. The molecule has 2 rings (SSSR count). The molecule has 106 valence electrons. The van der Waals surface area contributed by atoms with Crippen molar-refractivity contribution in [3.63, 3.8) is 0 Å². The van der Waals surface area contributed by atoms with Gasteiger partial charge < -0.3 is 4.74 Å². The van der Waals surface area contributed by atoms with E-state index >= 15 is 0 Å². The van der Waals surface area contributed by atoms with Crippen LogP contribution in [0.3, 0.4) is 0 Å². The van der Waals surface area contributed by atoms with Gasteiger partial charge in [0.1, 0.15) is 12.1 Å². The molecule has 0 bridgehead atoms. The van der Waals surface area contributed by atoms with Crippen molar-refractivity contribution >= 4 is 17.8 Å². The minimum absolute atomic E-state index is 0.321. The number of likely N-dealkylation sites (tertiary alicyclic amines) is 1. The Bertz CT molecular complexity index is 494. The van der Waals surface area contributed by atoms with Crippen LogP contribution in [-0.4, -0.2) is 34.8 Å². The lowest BCUT2D eigenvalue weighted by atomic mass is 9.85. The van der Waals surface area contributed by atoms with Crippen LogP contribution in [0.1, 0.15) is 26.7 Å². The summed E-state index contributed by atoms with van der Waals surface area (Å²) in [6.45, 7) is 2.88. The van der Waals surface area contributed by atoms with Crippen LogP contribution in [0.2, 0.25) is 0 Å². The molecule has 0 radical (unpaired) electrons. The van der Waals surface area contributed by atoms with Crippen molar-refractivity contribution < 1.29 is 19.1 Å². The Morgan fingerprint density at radius 2 is 1.80 bits per heavy atom. The summed E-state index contributed by atoms with van der Waals surface area (Å²) in [5, 5.41) is 8.62. The van der Waals surface area contributed by atoms with Crippen LogP contribution in [0, 0.1) is 23.2 Å². The van der Waals surface area contributed by atoms with Crippen LogP contribution in [0.4, 0.5) is 0 Å². The normalized spacial score (nSPS) is 27.8. The van der Waals surface area contributed by atoms with Gasteiger partial charge in [-0.15, -0.1) is 0 Å². The van der Waals surface area contributed by atoms with Gasteiger partial charge in [0.2, 0.25) is 11.8 Å². The molecular weight excluding hydrogens is 260 g/mol. The number of imide groups is 1. The van der Waals surface area contributed by atoms with E-state index in [1.165, 1.54) is 13.8 Å². The molecule has 1 aliphatic carbocycles. The lowest BCUT2D eigenvalue weighted by molar-refractivity contribution is -0.159. The number of allylic oxidation sites excluding steroid dienone is 2. The maximum atomic E-state index is 12.2. The van der Waals surface area contributed by atoms with Crippen LogP contribution in [0.15, 0.2) is 12.2 Å². The average Bonchev–Trinajstić information content (AvgIpc) is 2.70. The highest BCUT2D eigenvalue weighted by Gasteiger charge is 2.50. The molecule has 1 fully saturated rings. The number of amides is 2. The van der Waals surface area contributed by atoms with Crippen molar-refractivity contribution in [2.24, 2.45) is 11.8 Å². The minimum Gasteiger partial charge on any atom is -0.446 e. The second-order valence-corrected chi connectivity index (χ2v) is 5.09. The second-order valence-electron chi connectivity index (χ2n) is 5.09. The number of hydrogen-bond acceptors (Lipinski definition) is 5. The summed E-state index contributed by atoms with van der Waals surface area (Å²) in [5.74, 6) is -2.10. The number of ether oxygens (including phenoxy) is 1. The first-order valence-electron chi connectivity index (χ1n) is 6.59. The number of fused-ring (bicyclic) bond motifs is 1. The molecular formula is C14H16N2O4. The van der Waals surface area contributed by atoms with E-state index in [1.54, 1.807) is 6.07 Å². The third-order valence-corrected chi connectivity index (χ3v) is 3.74. The Labute approximate surface area is 117 Å². The van der Waals surface area contributed by atoms with Crippen molar-refractivity contribution in [2.45, 2.75) is 38.8 Å². The van der Waals surface area contributed by atoms with Crippen molar-refractivity contribution in [3.8, 4) is 6.07 Å². The Hall–Kier alpha value is -2.16. The molecule has 6 nitrogen and oxygen atoms in total. The molecule has 2 aliphatic rings. The van der Waals surface area contributed by atoms with Gasteiger partial charge in [-0.3, -0.25) is 14.5 Å². The van der Waals surface area contributed by atoms with Gasteiger partial charge in [-0.25, -0.2) is 4.79 Å². The standard InChI is InChI=1S/C14H16N2O4/c1-8(7-15)20-14(19)9(2)16-12(17)10-5-3-4-6-11(10)13(16)18/h3-4,8-11H,5-6H2,1-2H3/t8-,9+,10+,11+/m1/s1. The Balaban J connectivity index is 2.13. The zero-order valence-corrected chi connectivity index (χ0v) is 11.4. The lowest BCUT2D eigenvalue weighted by Gasteiger charge is -2.22. The molecule has 0 aromatic carbocycles. The monoisotopic (exact) mass is 276 g/mol. The maximum Gasteiger partial charge on any atom is 0.330 e. The van der Waals surface area contributed by atoms with Crippen molar-refractivity contribution in [2.75, 3.05) is 0 Å². The number of esters is 1. The smallest absolute Gasteiger partial charge is 0.330 e. The molecule has 4 atom stereocenters. The SMILES string of the molecule is C[C@H](C#N)OC(=O)[C@H](C)N1C(=O)[C@H]2CC=CC[C@@H]2C1=O. The van der Waals surface area contributed by atoms with Crippen molar-refractivity contribution in [1.82, 2.24) is 4.90 Å². The topological polar surface area (TPSA) is 87.5 Å². The molecule has 0 N–H and O–H groups in total. The van der Waals surface area contributed by atoms with Gasteiger partial charge in [-0.1, -0.05) is 12.2 Å². The molecule has 0 saturated carbocycles. The number of nitrogens with zero attached hydrogens (tertiary/aromatic N) is 2. The first-order chi connectivity index (χ1) is 9.47. The van der Waals surface area contributed by atoms with Gasteiger partial charge in [0.15, 0.2) is 6.10 Å². The van der Waals surface area contributed by atoms with E-state index in [0.29, 0.717) is 12.8 Å². The van der Waals surface area contributed by atoms with Crippen LogP contribution < -0.4 is 0 Å². The summed E-state index contributed by atoms with van der Waals surface area (Å²) in [6.07, 6.45) is 3.93. The molecule has 1 heterocycles. The van der Waals surface area contributed by atoms with E-state index in [0.717, 1.165) is 4.90 Å². The summed E-state index contributed by atoms with van der Waals surface area (Å²) in [5.41, 5.74) is 0. The van der Waals surface area contributed by atoms with Crippen LogP contribution in [-0.2, 0) is 19.1 Å². The average molecular weight is 276 g/mol. The van der Waals surface area contributed by atoms with E-state index in [-0.39, 0.29) is 23.7 Å². The number of nitriles is 1. The predicted molar refractivity (Wildman–Crippen MR) is 67.8 cm³/mol. The fraction of sp³-hybridized carbons (Fsp3) is 0.571. The fourth-order valence-corrected chi connectivity index (χ4v) is 2.61. The van der Waals surface area contributed by atoms with E-state index in [2.05, 4.69) is 0 Å². The third-order valence-electron chi connectivity index (χ3n) is 3.74. The Morgan fingerprint density at radius 3 is 2.25 bits per heavy atom. The molecule has 6 heteroatoms. The van der Waals surface area contributed by atoms with Gasteiger partial charge in [0.05, 0.1) is 11.8 Å². The molecule has 0 aromatic heterocycles. The highest BCUT2D eigenvalue weighted by atomic mass is 16.5. The lowest BCUT2D eigenvalue weighted by Crippen LogP contribution is -2.45. The zero-order chi connectivity index (χ0) is 14.9. The summed E-state index contributed by atoms with van der Waals surface area (Å²) < 4.78 is 4.86. The number of carbonyl (C=O) groups excluding carboxylic acids is 3. The van der Waals surface area contributed by atoms with E-state index in [9.17, 15) is 14.4 Å². The molecule has 1 saturated heterocycles. The van der Waals surface area contributed by atoms with E-state index in [1.807, 2.05) is 12.2 Å². The summed E-state index contributed by atoms with van der Waals surface area (Å²) >= 11 is 0. The van der Waals surface area contributed by atoms with Gasteiger partial charge in [0, 0.05) is 0 Å². The Morgan fingerprint density at radius 1 is 1.30 bits per heavy atom. The first kappa shape index (κ1) is 14.3. The quantitative estimate of drug-likeness (QED) is 0.432. The van der Waals surface area contributed by atoms with E-state index < -0.39 is 18.1 Å². The summed E-state index contributed by atoms with van der Waals surface area (Å²) in [7, 11) is 0. The number of hydrogen-bond donors (Lipinski definition) is 0. The highest BCUT2D eigenvalue weighted by Crippen LogP contribution is 2.36. The molecule has 0 spiro atoms. The second kappa shape index (κ2) is 5.45. The van der Waals surface area contributed by atoms with Crippen molar-refractivity contribution in [3.05, 3.63) is 12.2 Å². The predicted octanol–water partition coefficient (Wildman–Crippen LogP) is 0.781. The van der Waals surface area contributed by atoms with Gasteiger partial charge in [0.25, 0.3) is 0 Å². The van der Waals surface area contributed by atoms with Gasteiger partial charge in [-0.2, -0.15) is 5.26 Å². The van der Waals surface area contributed by atoms with Crippen LogP contribution in [0.25, 0.3) is 0 Å². The summed E-state index contributed by atoms with van der Waals surface area (Å²) in [6, 6.07) is 0.783. The van der Waals surface area contributed by atoms with Crippen LogP contribution >= 0.6 is 0 Å². The molecule has 0 aromatic rings. The number of rotatable bonds is 3. The Kier molecular flexibility index (Phi) is 3.89. The third kappa shape index (κ3) is 2.31. The van der Waals surface area contributed by atoms with Crippen molar-refractivity contribution in [1.29, 1.82) is 5.26 Å². The maximum absolute atomic E-state index is 12.2. The first-order valence-corrected chi connectivity index (χ1v) is 6.59. The molecule has 2 amide bonds. The number of carbonyl (C=O) groups is 3. The minimum atomic E-state index is -0.989. The van der Waals surface area contributed by atoms with E-state index in [4.69, 9.17) is 10.00 Å². The highest BCUT2D eigenvalue weighted by molar-refractivity contribution is 6.08. The van der Waals surface area contributed by atoms with Gasteiger partial charge >= 0.3 is 5.97 Å². The van der Waals surface area contributed by atoms with Crippen LogP contribution in [0.5, 0.6) is 0 Å². The van der Waals surface area contributed by atoms with Gasteiger partial charge in [-0.05, 0) is 26.7 Å². The summed E-state index contributed by atoms with van der Waals surface area (Å²) in [4.78, 5) is 37.4. The molecule has 20 heavy (non-hydrogen) atoms. The molecule has 0 unspecified atom stereocenters.